The summed E-state index contributed by atoms with van der Waals surface area (Å²) in [6.45, 7) is 8.95. The Kier molecular flexibility index (Phi) is 14.8. The quantitative estimate of drug-likeness (QED) is 0.127. The number of hydrogen-bond donors (Lipinski definition) is 6. The largest absolute Gasteiger partial charge is 0.456 e. The number of aliphatic hydroxyl groups is 5. The van der Waals surface area contributed by atoms with Crippen molar-refractivity contribution in [1.29, 1.82) is 0 Å². The molecule has 6 rings (SSSR count). The number of ether oxygens (including phenoxy) is 4. The smallest absolute Gasteiger partial charge is 0.408 e. The average Bonchev–Trinajstić information content (AvgIpc) is 3.64. The standard InChI is InChI=1S/C38H47NO13S.2Ac/c1-18(2)50-34(46)39-26(22-13-10-14-53-22)28(42)33(45)51-21-16-38(48)31(52-32(44)20-11-8-7-9-12-20)29-36(6,23(40)15-24-37(29,47)17-49-24)30(43)27(41)25(19(21)3)35(38,4)5;;/h7-14,18,21,23-24,26-29,31,40-42,47-48H,15-17H2,1-6H3,(H,39,46);;/t21-,23-,24+,26-,27+,28+,29-,31-,36+,37-,38+;;/m0../s1. The molecule has 2 aromatic rings. The van der Waals surface area contributed by atoms with Crippen molar-refractivity contribution in [3.05, 3.63) is 69.4 Å². The van der Waals surface area contributed by atoms with Gasteiger partial charge in [0.1, 0.15) is 35.6 Å². The van der Waals surface area contributed by atoms with Crippen LogP contribution < -0.4 is 5.32 Å². The molecule has 1 amide bonds. The summed E-state index contributed by atoms with van der Waals surface area (Å²) in [7, 11) is 0. The summed E-state index contributed by atoms with van der Waals surface area (Å²) in [5, 5.41) is 64.6. The summed E-state index contributed by atoms with van der Waals surface area (Å²) in [6.07, 6.45) is -11.6. The fourth-order valence-corrected chi connectivity index (χ4v) is 9.68. The van der Waals surface area contributed by atoms with Gasteiger partial charge in [-0.05, 0) is 62.4 Å². The summed E-state index contributed by atoms with van der Waals surface area (Å²) in [6, 6.07) is 9.86. The van der Waals surface area contributed by atoms with Crippen LogP contribution in [0.4, 0.5) is 4.79 Å². The number of carbonyl (C=O) groups excluding carboxylic acids is 4. The van der Waals surface area contributed by atoms with E-state index in [1.807, 2.05) is 0 Å². The van der Waals surface area contributed by atoms with Gasteiger partial charge < -0.3 is 49.8 Å². The molecule has 1 aromatic carbocycles. The van der Waals surface area contributed by atoms with Gasteiger partial charge in [-0.25, -0.2) is 14.4 Å². The van der Waals surface area contributed by atoms with Gasteiger partial charge in [-0.1, -0.05) is 38.1 Å². The van der Waals surface area contributed by atoms with Gasteiger partial charge in [0.25, 0.3) is 0 Å². The van der Waals surface area contributed by atoms with Crippen LogP contribution in [0.3, 0.4) is 0 Å². The molecule has 4 aliphatic rings. The first kappa shape index (κ1) is 46.9. The van der Waals surface area contributed by atoms with E-state index in [-0.39, 0.29) is 118 Å². The molecule has 1 aliphatic heterocycles. The molecule has 14 nitrogen and oxygen atoms in total. The number of fused-ring (bicyclic) bond motifs is 5. The van der Waals surface area contributed by atoms with Crippen LogP contribution in [0.15, 0.2) is 59.0 Å². The van der Waals surface area contributed by atoms with E-state index in [4.69, 9.17) is 18.9 Å². The van der Waals surface area contributed by atoms with Gasteiger partial charge in [-0.15, -0.1) is 11.3 Å². The number of thiophene rings is 1. The third-order valence-corrected chi connectivity index (χ3v) is 12.9. The summed E-state index contributed by atoms with van der Waals surface area (Å²) in [5.41, 5.74) is -7.49. The third kappa shape index (κ3) is 7.97. The first-order valence-electron chi connectivity index (χ1n) is 17.6. The first-order valence-corrected chi connectivity index (χ1v) is 18.5. The number of hydrogen-bond acceptors (Lipinski definition) is 14. The summed E-state index contributed by atoms with van der Waals surface area (Å²) < 4.78 is 22.9. The van der Waals surface area contributed by atoms with Crippen LogP contribution in [0.2, 0.25) is 0 Å². The number of nitrogens with one attached hydrogen (secondary N) is 1. The zero-order chi connectivity index (χ0) is 38.8. The molecule has 2 saturated carbocycles. The van der Waals surface area contributed by atoms with Crippen LogP contribution in [0, 0.1) is 105 Å². The maximum Gasteiger partial charge on any atom is 0.408 e. The van der Waals surface area contributed by atoms with E-state index in [1.54, 1.807) is 63.4 Å². The van der Waals surface area contributed by atoms with Crippen molar-refractivity contribution in [2.45, 2.75) is 114 Å². The number of esters is 2. The van der Waals surface area contributed by atoms with Gasteiger partial charge in [0.15, 0.2) is 11.9 Å². The molecule has 1 saturated heterocycles. The Morgan fingerprint density at radius 1 is 1.00 bits per heavy atom. The normalized spacial score (nSPS) is 34.4. The Morgan fingerprint density at radius 3 is 2.22 bits per heavy atom. The van der Waals surface area contributed by atoms with Crippen molar-refractivity contribution >= 4 is 35.2 Å². The summed E-state index contributed by atoms with van der Waals surface area (Å²) >= 11 is 1.16. The van der Waals surface area contributed by atoms with E-state index >= 15 is 0 Å². The number of Topliss-reactive ketones (excluding diaryl/α,β-unsaturated/α-hetero) is 1. The van der Waals surface area contributed by atoms with E-state index in [0.717, 1.165) is 11.3 Å². The maximum absolute atomic E-state index is 14.6. The predicted molar refractivity (Wildman–Crippen MR) is 187 cm³/mol. The first-order chi connectivity index (χ1) is 24.8. The maximum atomic E-state index is 14.6. The zero-order valence-corrected chi connectivity index (χ0v) is 41.8. The van der Waals surface area contributed by atoms with E-state index < -0.39 is 107 Å². The van der Waals surface area contributed by atoms with Crippen LogP contribution in [0.5, 0.6) is 0 Å². The van der Waals surface area contributed by atoms with E-state index in [0.29, 0.717) is 4.88 Å². The van der Waals surface area contributed by atoms with Gasteiger partial charge in [0.2, 0.25) is 0 Å². The van der Waals surface area contributed by atoms with E-state index in [2.05, 4.69) is 5.32 Å². The number of benzene rings is 1. The minimum Gasteiger partial charge on any atom is -0.456 e. The molecule has 0 spiro atoms. The number of carbonyl (C=O) groups is 4. The summed E-state index contributed by atoms with van der Waals surface area (Å²) in [5.74, 6) is -4.51. The molecular weight excluding hydrogens is 1160 g/mol. The molecule has 0 unspecified atom stereocenters. The number of amides is 1. The number of aliphatic hydroxyl groups excluding tert-OH is 3. The van der Waals surface area contributed by atoms with Gasteiger partial charge in [-0.3, -0.25) is 4.79 Å². The van der Waals surface area contributed by atoms with Crippen molar-refractivity contribution in [3.8, 4) is 0 Å². The van der Waals surface area contributed by atoms with Crippen LogP contribution in [-0.2, 0) is 28.5 Å². The van der Waals surface area contributed by atoms with Crippen molar-refractivity contribution < 1.29 is 152 Å². The molecule has 3 aliphatic carbocycles. The Morgan fingerprint density at radius 2 is 1.65 bits per heavy atom. The van der Waals surface area contributed by atoms with Crippen molar-refractivity contribution in [2.24, 2.45) is 16.7 Å². The van der Waals surface area contributed by atoms with Crippen LogP contribution in [0.25, 0.3) is 0 Å². The zero-order valence-electron chi connectivity index (χ0n) is 31.5. The van der Waals surface area contributed by atoms with Crippen LogP contribution in [0.1, 0.15) is 75.7 Å². The molecule has 11 atom stereocenters. The van der Waals surface area contributed by atoms with Crippen LogP contribution >= 0.6 is 11.3 Å². The second kappa shape index (κ2) is 17.4. The fraction of sp³-hybridized carbons (Fsp3) is 0.579. The Hall–Kier alpha value is -0.817. The van der Waals surface area contributed by atoms with Crippen LogP contribution in [-0.4, -0.2) is 110 Å². The minimum absolute atomic E-state index is 0. The Labute approximate surface area is 394 Å². The molecule has 2 bridgehead atoms. The van der Waals surface area contributed by atoms with Crippen molar-refractivity contribution in [1.82, 2.24) is 5.32 Å². The second-order valence-corrected chi connectivity index (χ2v) is 16.6. The summed E-state index contributed by atoms with van der Waals surface area (Å²) in [4.78, 5) is 55.4. The average molecular weight is 1210 g/mol. The monoisotopic (exact) mass is 1210 g/mol. The van der Waals surface area contributed by atoms with Crippen molar-refractivity contribution in [3.63, 3.8) is 0 Å². The number of rotatable bonds is 8. The SMILES string of the molecule is CC1=C2[C@@H](O)C(=O)[C@@]3(C)[C@H]([C@H](OC(=O)c4ccccc4)[C@](O)(C[C@@H]1OC(=O)[C@H](O)[C@@H](NC(=O)OC(C)C)c1cccs1)C2(C)C)[C@]1(O)CO[C@@H]1C[C@@H]3O.[Ac].[Ac]. The number of ketones is 1. The third-order valence-electron chi connectivity index (χ3n) is 11.9. The molecule has 17 heteroatoms. The molecule has 55 heavy (non-hydrogen) atoms. The molecule has 294 valence electrons. The van der Waals surface area contributed by atoms with Crippen molar-refractivity contribution in [2.75, 3.05) is 6.61 Å². The molecule has 3 fully saturated rings. The van der Waals surface area contributed by atoms with E-state index in [9.17, 15) is 44.7 Å². The van der Waals surface area contributed by atoms with Gasteiger partial charge in [0.05, 0.1) is 35.9 Å². The Bertz CT molecular complexity index is 1790. The molecule has 6 N–H and O–H groups in total. The second-order valence-electron chi connectivity index (χ2n) is 15.6. The molecule has 1 aromatic heterocycles. The Balaban J connectivity index is 0.00000336. The van der Waals surface area contributed by atoms with Gasteiger partial charge >= 0.3 is 18.0 Å². The topological polar surface area (TPSA) is 218 Å². The minimum atomic E-state index is -2.30. The molecule has 2 radical (unpaired) electrons. The van der Waals surface area contributed by atoms with E-state index in [1.165, 1.54) is 26.0 Å². The molecular formula is C38H47Ac2NO13S. The molecule has 2 heterocycles. The van der Waals surface area contributed by atoms with Gasteiger partial charge in [0, 0.05) is 117 Å². The van der Waals surface area contributed by atoms with Gasteiger partial charge in [-0.2, -0.15) is 0 Å². The predicted octanol–water partition coefficient (Wildman–Crippen LogP) is 2.36. The number of alkyl carbamates (subject to hydrolysis) is 1. The fourth-order valence-electron chi connectivity index (χ4n) is 8.87.